The molecule has 20 heavy (non-hydrogen) atoms. The highest BCUT2D eigenvalue weighted by Gasteiger charge is 2.45. The van der Waals surface area contributed by atoms with E-state index in [0.29, 0.717) is 6.61 Å². The van der Waals surface area contributed by atoms with Crippen LogP contribution in [0.4, 0.5) is 5.69 Å². The zero-order chi connectivity index (χ0) is 13.2. The number of benzene rings is 2. The van der Waals surface area contributed by atoms with Gasteiger partial charge in [0, 0.05) is 23.2 Å². The number of aromatic nitrogens is 1. The summed E-state index contributed by atoms with van der Waals surface area (Å²) in [5, 5.41) is 4.83. The van der Waals surface area contributed by atoms with E-state index in [1.807, 2.05) is 30.5 Å². The quantitative estimate of drug-likeness (QED) is 0.625. The molecule has 1 aromatic heterocycles. The first-order valence-electron chi connectivity index (χ1n) is 6.53. The minimum Gasteiger partial charge on any atom is -0.491 e. The zero-order valence-electron chi connectivity index (χ0n) is 10.5. The molecule has 0 bridgehead atoms. The van der Waals surface area contributed by atoms with Crippen LogP contribution in [0.1, 0.15) is 11.1 Å². The van der Waals surface area contributed by atoms with Gasteiger partial charge in [0.25, 0.3) is 0 Å². The van der Waals surface area contributed by atoms with Crippen LogP contribution in [0.5, 0.6) is 5.75 Å². The van der Waals surface area contributed by atoms with Crippen LogP contribution >= 0.6 is 0 Å². The third-order valence-electron chi connectivity index (χ3n) is 4.20. The van der Waals surface area contributed by atoms with Crippen LogP contribution in [-0.2, 0) is 5.41 Å². The summed E-state index contributed by atoms with van der Waals surface area (Å²) in [7, 11) is 0. The highest BCUT2D eigenvalue weighted by atomic mass is 16.5. The number of nitrogens with zero attached hydrogens (tertiary/aromatic N) is 2. The Labute approximate surface area is 114 Å². The largest absolute Gasteiger partial charge is 0.491 e. The summed E-state index contributed by atoms with van der Waals surface area (Å²) in [6, 6.07) is 12.2. The van der Waals surface area contributed by atoms with Crippen LogP contribution in [0, 0.1) is 0 Å². The van der Waals surface area contributed by atoms with E-state index < -0.39 is 0 Å². The van der Waals surface area contributed by atoms with Crippen LogP contribution in [0.3, 0.4) is 0 Å². The van der Waals surface area contributed by atoms with E-state index in [1.54, 1.807) is 6.20 Å². The molecular weight excluding hydrogens is 252 g/mol. The third-order valence-corrected chi connectivity index (χ3v) is 4.20. The van der Waals surface area contributed by atoms with Gasteiger partial charge in [-0.3, -0.25) is 4.99 Å². The summed E-state index contributed by atoms with van der Waals surface area (Å²) >= 11 is 0. The average molecular weight is 262 g/mol. The van der Waals surface area contributed by atoms with E-state index >= 15 is 0 Å². The number of hydrogen-bond acceptors (Lipinski definition) is 4. The Morgan fingerprint density at radius 3 is 3.05 bits per heavy atom. The lowest BCUT2D eigenvalue weighted by atomic mass is 9.78. The van der Waals surface area contributed by atoms with Crippen molar-refractivity contribution in [2.24, 2.45) is 4.99 Å². The van der Waals surface area contributed by atoms with Crippen molar-refractivity contribution in [1.29, 1.82) is 0 Å². The number of fused-ring (bicyclic) bond motifs is 5. The van der Waals surface area contributed by atoms with Gasteiger partial charge in [-0.15, -0.1) is 0 Å². The van der Waals surface area contributed by atoms with Gasteiger partial charge in [-0.25, -0.2) is 0 Å². The fraction of sp³-hybridized carbons (Fsp3) is 0.125. The SMILES string of the molecule is C1=Nc2ccccc2C12COc1cc3oncc3cc12. The summed E-state index contributed by atoms with van der Waals surface area (Å²) in [5.74, 6) is 0.859. The van der Waals surface area contributed by atoms with Gasteiger partial charge in [-0.05, 0) is 17.7 Å². The second kappa shape index (κ2) is 3.28. The maximum absolute atomic E-state index is 5.89. The van der Waals surface area contributed by atoms with Gasteiger partial charge in [-0.2, -0.15) is 0 Å². The molecule has 2 aliphatic rings. The van der Waals surface area contributed by atoms with Crippen LogP contribution in [0.2, 0.25) is 0 Å². The summed E-state index contributed by atoms with van der Waals surface area (Å²) in [4.78, 5) is 4.56. The van der Waals surface area contributed by atoms with Crippen LogP contribution < -0.4 is 4.74 Å². The van der Waals surface area contributed by atoms with Crippen molar-refractivity contribution in [2.75, 3.05) is 6.61 Å². The van der Waals surface area contributed by atoms with Gasteiger partial charge in [0.15, 0.2) is 5.58 Å². The van der Waals surface area contributed by atoms with Crippen molar-refractivity contribution in [3.8, 4) is 5.75 Å². The van der Waals surface area contributed by atoms with Gasteiger partial charge in [0.1, 0.15) is 12.4 Å². The van der Waals surface area contributed by atoms with Crippen molar-refractivity contribution in [1.82, 2.24) is 5.16 Å². The number of hydrogen-bond donors (Lipinski definition) is 0. The van der Waals surface area contributed by atoms with Crippen molar-refractivity contribution in [3.63, 3.8) is 0 Å². The van der Waals surface area contributed by atoms with Gasteiger partial charge in [0.05, 0.1) is 17.3 Å². The minimum absolute atomic E-state index is 0.266. The lowest BCUT2D eigenvalue weighted by molar-refractivity contribution is 0.327. The summed E-state index contributed by atoms with van der Waals surface area (Å²) in [5.41, 5.74) is 3.85. The molecule has 3 heterocycles. The standard InChI is InChI=1S/C16H10N2O2/c1-2-4-13-11(3-1)16(8-17-13)9-19-15-6-14-10(5-12(15)16)7-18-20-14/h1-8H,9H2. The lowest BCUT2D eigenvalue weighted by Gasteiger charge is -2.20. The smallest absolute Gasteiger partial charge is 0.170 e. The Hall–Kier alpha value is -2.62. The van der Waals surface area contributed by atoms with Crippen molar-refractivity contribution in [3.05, 3.63) is 53.7 Å². The summed E-state index contributed by atoms with van der Waals surface area (Å²) in [6.45, 7) is 0.586. The zero-order valence-corrected chi connectivity index (χ0v) is 10.5. The van der Waals surface area contributed by atoms with Crippen molar-refractivity contribution < 1.29 is 9.26 Å². The van der Waals surface area contributed by atoms with Crippen LogP contribution in [-0.4, -0.2) is 18.0 Å². The number of para-hydroxylation sites is 1. The number of rotatable bonds is 0. The van der Waals surface area contributed by atoms with Crippen molar-refractivity contribution in [2.45, 2.75) is 5.41 Å². The number of ether oxygens (including phenoxy) is 1. The summed E-state index contributed by atoms with van der Waals surface area (Å²) < 4.78 is 11.1. The van der Waals surface area contributed by atoms with Crippen molar-refractivity contribution >= 4 is 22.9 Å². The molecule has 0 aliphatic carbocycles. The molecular formula is C16H10N2O2. The van der Waals surface area contributed by atoms with Gasteiger partial charge in [-0.1, -0.05) is 23.4 Å². The highest BCUT2D eigenvalue weighted by Crippen LogP contribution is 2.49. The first-order valence-corrected chi connectivity index (χ1v) is 6.53. The maximum atomic E-state index is 5.89. The van der Waals surface area contributed by atoms with Crippen LogP contribution in [0.25, 0.3) is 11.0 Å². The van der Waals surface area contributed by atoms with Gasteiger partial charge in [0.2, 0.25) is 0 Å². The normalized spacial score (nSPS) is 22.2. The molecule has 0 N–H and O–H groups in total. The average Bonchev–Trinajstić information content (AvgIpc) is 3.17. The minimum atomic E-state index is -0.266. The molecule has 2 aromatic carbocycles. The maximum Gasteiger partial charge on any atom is 0.170 e. The Bertz CT molecular complexity index is 881. The predicted octanol–water partition coefficient (Wildman–Crippen LogP) is 3.22. The molecule has 96 valence electrons. The topological polar surface area (TPSA) is 47.6 Å². The molecule has 0 fully saturated rings. The fourth-order valence-corrected chi connectivity index (χ4v) is 3.18. The molecule has 0 radical (unpaired) electrons. The molecule has 5 rings (SSSR count). The first-order chi connectivity index (χ1) is 9.87. The Morgan fingerprint density at radius 2 is 2.05 bits per heavy atom. The Morgan fingerprint density at radius 1 is 1.10 bits per heavy atom. The van der Waals surface area contributed by atoms with Crippen LogP contribution in [0.15, 0.2) is 52.1 Å². The molecule has 3 aromatic rings. The second-order valence-corrected chi connectivity index (χ2v) is 5.25. The van der Waals surface area contributed by atoms with E-state index in [1.165, 1.54) is 5.56 Å². The Balaban J connectivity index is 1.83. The van der Waals surface area contributed by atoms with E-state index in [-0.39, 0.29) is 5.41 Å². The van der Waals surface area contributed by atoms with Gasteiger partial charge >= 0.3 is 0 Å². The monoisotopic (exact) mass is 262 g/mol. The molecule has 4 heteroatoms. The molecule has 0 saturated heterocycles. The van der Waals surface area contributed by atoms with E-state index in [9.17, 15) is 0 Å². The second-order valence-electron chi connectivity index (χ2n) is 5.25. The molecule has 4 nitrogen and oxygen atoms in total. The lowest BCUT2D eigenvalue weighted by Crippen LogP contribution is -2.28. The first kappa shape index (κ1) is 10.2. The molecule has 2 aliphatic heterocycles. The predicted molar refractivity (Wildman–Crippen MR) is 74.9 cm³/mol. The third kappa shape index (κ3) is 1.08. The van der Waals surface area contributed by atoms with E-state index in [0.717, 1.165) is 28.0 Å². The van der Waals surface area contributed by atoms with E-state index in [4.69, 9.17) is 9.26 Å². The van der Waals surface area contributed by atoms with Gasteiger partial charge < -0.3 is 9.26 Å². The summed E-state index contributed by atoms with van der Waals surface area (Å²) in [6.07, 6.45) is 3.74. The molecule has 1 atom stereocenters. The Kier molecular flexibility index (Phi) is 1.67. The number of aliphatic imine (C=N–C) groups is 1. The molecule has 1 spiro atoms. The molecule has 0 amide bonds. The molecule has 1 unspecified atom stereocenters. The highest BCUT2D eigenvalue weighted by molar-refractivity contribution is 5.93. The van der Waals surface area contributed by atoms with E-state index in [2.05, 4.69) is 22.3 Å². The molecule has 0 saturated carbocycles. The fourth-order valence-electron chi connectivity index (χ4n) is 3.18.